The Kier molecular flexibility index (Phi) is 8.56. The topological polar surface area (TPSA) is 26.3 Å². The van der Waals surface area contributed by atoms with Crippen LogP contribution in [0.1, 0.15) is 80.1 Å². The molecule has 2 nitrogen and oxygen atoms in total. The van der Waals surface area contributed by atoms with Gasteiger partial charge < -0.3 is 4.74 Å². The number of hydrogen-bond acceptors (Lipinski definition) is 2. The lowest BCUT2D eigenvalue weighted by Crippen LogP contribution is -2.14. The summed E-state index contributed by atoms with van der Waals surface area (Å²) in [7, 11) is 0. The number of Topliss-reactive ketones (excluding diaryl/α,β-unsaturated/α-hetero) is 1. The van der Waals surface area contributed by atoms with Crippen molar-refractivity contribution in [3.63, 3.8) is 0 Å². The quantitative estimate of drug-likeness (QED) is 0.551. The predicted octanol–water partition coefficient (Wildman–Crippen LogP) is 5.00. The van der Waals surface area contributed by atoms with E-state index in [9.17, 15) is 4.79 Å². The first-order chi connectivity index (χ1) is 8.60. The molecule has 0 aromatic heterocycles. The first-order valence-corrected chi connectivity index (χ1v) is 7.70. The SMILES string of the molecule is CC(C)(C)CCCCCOCCC(=O)CC(C)(C)C. The number of ketones is 1. The van der Waals surface area contributed by atoms with Gasteiger partial charge in [0.1, 0.15) is 5.78 Å². The zero-order valence-corrected chi connectivity index (χ0v) is 14.0. The molecule has 0 unspecified atom stereocenters. The molecule has 0 aromatic rings. The van der Waals surface area contributed by atoms with Crippen LogP contribution in [0, 0.1) is 10.8 Å². The molecule has 0 rings (SSSR count). The average molecular weight is 270 g/mol. The van der Waals surface area contributed by atoms with E-state index in [1.54, 1.807) is 0 Å². The molecule has 0 N–H and O–H groups in total. The minimum Gasteiger partial charge on any atom is -0.381 e. The molecule has 0 radical (unpaired) electrons. The Bertz CT molecular complexity index is 243. The Morgan fingerprint density at radius 1 is 0.842 bits per heavy atom. The molecule has 114 valence electrons. The van der Waals surface area contributed by atoms with Crippen LogP contribution in [0.5, 0.6) is 0 Å². The molecule has 0 aliphatic rings. The molecular weight excluding hydrogens is 236 g/mol. The van der Waals surface area contributed by atoms with Gasteiger partial charge in [-0.25, -0.2) is 0 Å². The van der Waals surface area contributed by atoms with Gasteiger partial charge in [-0.1, -0.05) is 54.4 Å². The summed E-state index contributed by atoms with van der Waals surface area (Å²) in [6.07, 6.45) is 6.12. The van der Waals surface area contributed by atoms with Crippen molar-refractivity contribution < 1.29 is 9.53 Å². The van der Waals surface area contributed by atoms with Gasteiger partial charge in [0.05, 0.1) is 6.61 Å². The van der Waals surface area contributed by atoms with Gasteiger partial charge in [-0.3, -0.25) is 4.79 Å². The standard InChI is InChI=1S/C17H34O2/c1-16(2,3)11-8-7-9-12-19-13-10-15(18)14-17(4,5)6/h7-14H2,1-6H3. The zero-order chi connectivity index (χ0) is 14.9. The van der Waals surface area contributed by atoms with Crippen LogP contribution in [0.4, 0.5) is 0 Å². The second-order valence-corrected chi connectivity index (χ2v) is 8.01. The van der Waals surface area contributed by atoms with Crippen molar-refractivity contribution >= 4 is 5.78 Å². The maximum absolute atomic E-state index is 11.6. The molecule has 0 amide bonds. The summed E-state index contributed by atoms with van der Waals surface area (Å²) in [4.78, 5) is 11.6. The number of carbonyl (C=O) groups is 1. The highest BCUT2D eigenvalue weighted by Crippen LogP contribution is 2.22. The number of ether oxygens (including phenoxy) is 1. The minimum absolute atomic E-state index is 0.101. The zero-order valence-electron chi connectivity index (χ0n) is 14.0. The van der Waals surface area contributed by atoms with Crippen LogP contribution in [-0.4, -0.2) is 19.0 Å². The Morgan fingerprint density at radius 3 is 2.00 bits per heavy atom. The summed E-state index contributed by atoms with van der Waals surface area (Å²) >= 11 is 0. The number of carbonyl (C=O) groups excluding carboxylic acids is 1. The summed E-state index contributed by atoms with van der Waals surface area (Å²) in [6.45, 7) is 14.5. The second-order valence-electron chi connectivity index (χ2n) is 8.01. The van der Waals surface area contributed by atoms with E-state index in [0.717, 1.165) is 13.0 Å². The number of rotatable bonds is 9. The molecule has 0 aliphatic carbocycles. The molecule has 0 atom stereocenters. The van der Waals surface area contributed by atoms with E-state index in [4.69, 9.17) is 4.74 Å². The largest absolute Gasteiger partial charge is 0.381 e. The van der Waals surface area contributed by atoms with Gasteiger partial charge in [-0.05, 0) is 23.7 Å². The van der Waals surface area contributed by atoms with Crippen molar-refractivity contribution in [2.24, 2.45) is 10.8 Å². The first-order valence-electron chi connectivity index (χ1n) is 7.70. The van der Waals surface area contributed by atoms with Gasteiger partial charge in [0, 0.05) is 19.4 Å². The molecule has 0 heterocycles. The Labute approximate surface area is 120 Å². The van der Waals surface area contributed by atoms with E-state index in [2.05, 4.69) is 41.5 Å². The predicted molar refractivity (Wildman–Crippen MR) is 82.4 cm³/mol. The smallest absolute Gasteiger partial charge is 0.135 e. The lowest BCUT2D eigenvalue weighted by molar-refractivity contribution is -0.121. The van der Waals surface area contributed by atoms with Crippen molar-refractivity contribution in [2.45, 2.75) is 80.1 Å². The van der Waals surface area contributed by atoms with E-state index in [-0.39, 0.29) is 5.41 Å². The maximum atomic E-state index is 11.6. The van der Waals surface area contributed by atoms with Crippen molar-refractivity contribution in [1.82, 2.24) is 0 Å². The third-order valence-corrected chi connectivity index (χ3v) is 2.97. The molecule has 0 aromatic carbocycles. The van der Waals surface area contributed by atoms with Gasteiger partial charge in [-0.2, -0.15) is 0 Å². The fourth-order valence-corrected chi connectivity index (χ4v) is 2.00. The third kappa shape index (κ3) is 15.6. The van der Waals surface area contributed by atoms with Gasteiger partial charge in [0.15, 0.2) is 0 Å². The highest BCUT2D eigenvalue weighted by Gasteiger charge is 2.15. The van der Waals surface area contributed by atoms with Crippen LogP contribution < -0.4 is 0 Å². The highest BCUT2D eigenvalue weighted by atomic mass is 16.5. The monoisotopic (exact) mass is 270 g/mol. The van der Waals surface area contributed by atoms with E-state index in [1.165, 1.54) is 19.3 Å². The number of unbranched alkanes of at least 4 members (excludes halogenated alkanes) is 2. The van der Waals surface area contributed by atoms with Crippen molar-refractivity contribution in [2.75, 3.05) is 13.2 Å². The first kappa shape index (κ1) is 18.6. The lowest BCUT2D eigenvalue weighted by atomic mass is 9.89. The van der Waals surface area contributed by atoms with Crippen molar-refractivity contribution in [3.05, 3.63) is 0 Å². The van der Waals surface area contributed by atoms with Crippen LogP contribution in [0.2, 0.25) is 0 Å². The molecule has 2 heteroatoms. The van der Waals surface area contributed by atoms with Gasteiger partial charge in [-0.15, -0.1) is 0 Å². The second kappa shape index (κ2) is 8.73. The summed E-state index contributed by atoms with van der Waals surface area (Å²) in [5.74, 6) is 0.320. The summed E-state index contributed by atoms with van der Waals surface area (Å²) in [5, 5.41) is 0. The van der Waals surface area contributed by atoms with Crippen LogP contribution in [0.25, 0.3) is 0 Å². The van der Waals surface area contributed by atoms with Gasteiger partial charge in [0.25, 0.3) is 0 Å². The van der Waals surface area contributed by atoms with Crippen LogP contribution >= 0.6 is 0 Å². The van der Waals surface area contributed by atoms with Crippen LogP contribution in [0.15, 0.2) is 0 Å². The highest BCUT2D eigenvalue weighted by molar-refractivity contribution is 5.79. The molecule has 0 aliphatic heterocycles. The van der Waals surface area contributed by atoms with Crippen molar-refractivity contribution in [3.8, 4) is 0 Å². The van der Waals surface area contributed by atoms with E-state index in [0.29, 0.717) is 30.6 Å². The summed E-state index contributed by atoms with van der Waals surface area (Å²) < 4.78 is 5.53. The fraction of sp³-hybridized carbons (Fsp3) is 0.941. The van der Waals surface area contributed by atoms with Gasteiger partial charge >= 0.3 is 0 Å². The molecule has 19 heavy (non-hydrogen) atoms. The summed E-state index contributed by atoms with van der Waals surface area (Å²) in [5.41, 5.74) is 0.546. The minimum atomic E-state index is 0.101. The lowest BCUT2D eigenvalue weighted by Gasteiger charge is -2.17. The van der Waals surface area contributed by atoms with Crippen molar-refractivity contribution in [1.29, 1.82) is 0 Å². The molecule has 0 bridgehead atoms. The Balaban J connectivity index is 3.35. The molecule has 0 saturated carbocycles. The normalized spacial score (nSPS) is 12.7. The Hall–Kier alpha value is -0.370. The fourth-order valence-electron chi connectivity index (χ4n) is 2.00. The Morgan fingerprint density at radius 2 is 1.47 bits per heavy atom. The van der Waals surface area contributed by atoms with E-state index < -0.39 is 0 Å². The maximum Gasteiger partial charge on any atom is 0.135 e. The number of hydrogen-bond donors (Lipinski definition) is 0. The molecule has 0 spiro atoms. The van der Waals surface area contributed by atoms with Gasteiger partial charge in [0.2, 0.25) is 0 Å². The molecule has 0 saturated heterocycles. The molecular formula is C17H34O2. The molecule has 0 fully saturated rings. The summed E-state index contributed by atoms with van der Waals surface area (Å²) in [6, 6.07) is 0. The average Bonchev–Trinajstić information content (AvgIpc) is 2.17. The van der Waals surface area contributed by atoms with E-state index in [1.807, 2.05) is 0 Å². The van der Waals surface area contributed by atoms with Crippen LogP contribution in [0.3, 0.4) is 0 Å². The van der Waals surface area contributed by atoms with Crippen LogP contribution in [-0.2, 0) is 9.53 Å². The van der Waals surface area contributed by atoms with E-state index >= 15 is 0 Å². The third-order valence-electron chi connectivity index (χ3n) is 2.97.